The van der Waals surface area contributed by atoms with Crippen molar-refractivity contribution in [3.63, 3.8) is 0 Å². The van der Waals surface area contributed by atoms with Crippen LogP contribution in [0, 0.1) is 11.8 Å². The van der Waals surface area contributed by atoms with Crippen molar-refractivity contribution in [1.82, 2.24) is 0 Å². The van der Waals surface area contributed by atoms with Gasteiger partial charge in [0.05, 0.1) is 7.11 Å². The lowest BCUT2D eigenvalue weighted by molar-refractivity contribution is -0.196. The predicted octanol–water partition coefficient (Wildman–Crippen LogP) is 2.84. The van der Waals surface area contributed by atoms with Gasteiger partial charge < -0.3 is 9.84 Å². The molecule has 0 aliphatic heterocycles. The molecular formula is C13H19F3O3. The number of carbonyl (C=O) groups is 1. The lowest BCUT2D eigenvalue weighted by Crippen LogP contribution is -2.38. The normalized spacial score (nSPS) is 21.3. The largest absolute Gasteiger partial charge is 0.467 e. The van der Waals surface area contributed by atoms with E-state index in [1.807, 2.05) is 0 Å². The molecule has 0 bridgehead atoms. The maximum Gasteiger partial charge on any atom is 0.398 e. The van der Waals surface area contributed by atoms with Crippen LogP contribution in [0.3, 0.4) is 0 Å². The smallest absolute Gasteiger partial charge is 0.398 e. The first-order valence-corrected chi connectivity index (χ1v) is 6.37. The Hall–Kier alpha value is -1.04. The molecule has 1 aliphatic rings. The number of carbonyl (C=O) groups excluding carboxylic acids is 1. The molecule has 0 aromatic rings. The third kappa shape index (κ3) is 4.86. The van der Waals surface area contributed by atoms with Crippen LogP contribution in [0.5, 0.6) is 0 Å². The summed E-state index contributed by atoms with van der Waals surface area (Å²) in [7, 11) is 0.948. The summed E-state index contributed by atoms with van der Waals surface area (Å²) in [6.07, 6.45) is 0.337. The van der Waals surface area contributed by atoms with Gasteiger partial charge in [0.2, 0.25) is 0 Å². The van der Waals surface area contributed by atoms with Gasteiger partial charge in [-0.15, -0.1) is 0 Å². The molecule has 0 heterocycles. The summed E-state index contributed by atoms with van der Waals surface area (Å²) in [6.45, 7) is 0. The van der Waals surface area contributed by atoms with E-state index in [0.29, 0.717) is 0 Å². The molecule has 1 saturated carbocycles. The first kappa shape index (κ1) is 16.0. The SMILES string of the molecule is COC(=O)[C@@H](O)[C@@H](/C=C/C1CCCCC1)C(F)(F)F. The molecule has 1 aliphatic carbocycles. The summed E-state index contributed by atoms with van der Waals surface area (Å²) in [5.74, 6) is -3.37. The number of esters is 1. The van der Waals surface area contributed by atoms with Gasteiger partial charge in [0.15, 0.2) is 6.10 Å². The third-order valence-electron chi connectivity index (χ3n) is 3.40. The summed E-state index contributed by atoms with van der Waals surface area (Å²) in [4.78, 5) is 11.0. The van der Waals surface area contributed by atoms with Crippen LogP contribution in [0.2, 0.25) is 0 Å². The van der Waals surface area contributed by atoms with Gasteiger partial charge in [0, 0.05) is 0 Å². The van der Waals surface area contributed by atoms with Crippen molar-refractivity contribution in [2.75, 3.05) is 7.11 Å². The third-order valence-corrected chi connectivity index (χ3v) is 3.40. The molecule has 1 rings (SSSR count). The van der Waals surface area contributed by atoms with Gasteiger partial charge in [-0.25, -0.2) is 4.79 Å². The van der Waals surface area contributed by atoms with E-state index in [1.165, 1.54) is 6.08 Å². The van der Waals surface area contributed by atoms with Gasteiger partial charge in [0.1, 0.15) is 5.92 Å². The molecule has 0 amide bonds. The first-order chi connectivity index (χ1) is 8.86. The molecule has 19 heavy (non-hydrogen) atoms. The van der Waals surface area contributed by atoms with Crippen LogP contribution in [-0.2, 0) is 9.53 Å². The van der Waals surface area contributed by atoms with Crippen molar-refractivity contribution in [2.45, 2.75) is 44.4 Å². The van der Waals surface area contributed by atoms with Gasteiger partial charge in [-0.3, -0.25) is 0 Å². The second kappa shape index (κ2) is 6.93. The van der Waals surface area contributed by atoms with E-state index in [-0.39, 0.29) is 5.92 Å². The summed E-state index contributed by atoms with van der Waals surface area (Å²) >= 11 is 0. The molecule has 3 nitrogen and oxygen atoms in total. The number of halogens is 3. The van der Waals surface area contributed by atoms with Crippen LogP contribution in [-0.4, -0.2) is 30.5 Å². The van der Waals surface area contributed by atoms with E-state index in [2.05, 4.69) is 4.74 Å². The summed E-state index contributed by atoms with van der Waals surface area (Å²) in [5.41, 5.74) is 0. The zero-order valence-electron chi connectivity index (χ0n) is 10.8. The van der Waals surface area contributed by atoms with Gasteiger partial charge in [-0.05, 0) is 18.8 Å². The fourth-order valence-corrected chi connectivity index (χ4v) is 2.26. The minimum absolute atomic E-state index is 0.100. The van der Waals surface area contributed by atoms with Crippen molar-refractivity contribution in [2.24, 2.45) is 11.8 Å². The average molecular weight is 280 g/mol. The Kier molecular flexibility index (Phi) is 5.85. The quantitative estimate of drug-likeness (QED) is 0.636. The molecule has 0 aromatic heterocycles. The Balaban J connectivity index is 2.74. The fourth-order valence-electron chi connectivity index (χ4n) is 2.26. The van der Waals surface area contributed by atoms with Gasteiger partial charge in [0.25, 0.3) is 0 Å². The zero-order valence-corrected chi connectivity index (χ0v) is 10.8. The van der Waals surface area contributed by atoms with Crippen LogP contribution in [0.15, 0.2) is 12.2 Å². The van der Waals surface area contributed by atoms with Gasteiger partial charge >= 0.3 is 12.1 Å². The number of rotatable bonds is 4. The van der Waals surface area contributed by atoms with Crippen LogP contribution in [0.1, 0.15) is 32.1 Å². The molecule has 6 heteroatoms. The molecule has 0 aromatic carbocycles. The number of hydrogen-bond donors (Lipinski definition) is 1. The lowest BCUT2D eigenvalue weighted by atomic mass is 9.87. The number of hydrogen-bond acceptors (Lipinski definition) is 3. The highest BCUT2D eigenvalue weighted by molar-refractivity contribution is 5.75. The second-order valence-electron chi connectivity index (χ2n) is 4.82. The number of alkyl halides is 3. The van der Waals surface area contributed by atoms with E-state index < -0.39 is 24.2 Å². The first-order valence-electron chi connectivity index (χ1n) is 6.37. The maximum absolute atomic E-state index is 12.8. The van der Waals surface area contributed by atoms with Crippen molar-refractivity contribution in [3.05, 3.63) is 12.2 Å². The number of methoxy groups -OCH3 is 1. The zero-order chi connectivity index (χ0) is 14.5. The van der Waals surface area contributed by atoms with E-state index >= 15 is 0 Å². The Labute approximate surface area is 110 Å². The highest BCUT2D eigenvalue weighted by Crippen LogP contribution is 2.32. The highest BCUT2D eigenvalue weighted by Gasteiger charge is 2.45. The monoisotopic (exact) mass is 280 g/mol. The molecule has 110 valence electrons. The lowest BCUT2D eigenvalue weighted by Gasteiger charge is -2.22. The molecule has 1 fully saturated rings. The minimum atomic E-state index is -4.67. The van der Waals surface area contributed by atoms with E-state index in [4.69, 9.17) is 0 Å². The Bertz CT molecular complexity index is 320. The van der Waals surface area contributed by atoms with E-state index in [1.54, 1.807) is 0 Å². The number of ether oxygens (including phenoxy) is 1. The molecular weight excluding hydrogens is 261 g/mol. The standard InChI is InChI=1S/C13H19F3O3/c1-19-12(18)11(17)10(13(14,15)16)8-7-9-5-3-2-4-6-9/h7-11,17H,2-6H2,1H3/b8-7+/t10-,11+/m1/s1. The van der Waals surface area contributed by atoms with Gasteiger partial charge in [-0.2, -0.15) is 13.2 Å². The number of aliphatic hydroxyl groups excluding tert-OH is 1. The second-order valence-corrected chi connectivity index (χ2v) is 4.82. The van der Waals surface area contributed by atoms with Crippen molar-refractivity contribution >= 4 is 5.97 Å². The van der Waals surface area contributed by atoms with Crippen molar-refractivity contribution in [1.29, 1.82) is 0 Å². The predicted molar refractivity (Wildman–Crippen MR) is 63.3 cm³/mol. The Morgan fingerprint density at radius 2 is 1.89 bits per heavy atom. The van der Waals surface area contributed by atoms with Crippen LogP contribution < -0.4 is 0 Å². The minimum Gasteiger partial charge on any atom is -0.467 e. The van der Waals surface area contributed by atoms with Crippen LogP contribution >= 0.6 is 0 Å². The molecule has 0 saturated heterocycles. The Morgan fingerprint density at radius 1 is 1.32 bits per heavy atom. The number of aliphatic hydroxyl groups is 1. The van der Waals surface area contributed by atoms with Crippen molar-refractivity contribution in [3.8, 4) is 0 Å². The Morgan fingerprint density at radius 3 is 2.37 bits per heavy atom. The van der Waals surface area contributed by atoms with E-state index in [0.717, 1.165) is 45.3 Å². The summed E-state index contributed by atoms with van der Waals surface area (Å²) < 4.78 is 42.6. The molecule has 2 atom stereocenters. The number of allylic oxidation sites excluding steroid dienone is 1. The average Bonchev–Trinajstić information content (AvgIpc) is 2.37. The molecule has 0 spiro atoms. The van der Waals surface area contributed by atoms with Crippen molar-refractivity contribution < 1.29 is 27.8 Å². The molecule has 1 N–H and O–H groups in total. The maximum atomic E-state index is 12.8. The van der Waals surface area contributed by atoms with Gasteiger partial charge in [-0.1, -0.05) is 31.4 Å². The van der Waals surface area contributed by atoms with E-state index in [9.17, 15) is 23.1 Å². The molecule has 0 unspecified atom stereocenters. The topological polar surface area (TPSA) is 46.5 Å². The summed E-state index contributed by atoms with van der Waals surface area (Å²) in [6, 6.07) is 0. The molecule has 0 radical (unpaired) electrons. The fraction of sp³-hybridized carbons (Fsp3) is 0.769. The van der Waals surface area contributed by atoms with Crippen LogP contribution in [0.25, 0.3) is 0 Å². The van der Waals surface area contributed by atoms with Crippen LogP contribution in [0.4, 0.5) is 13.2 Å². The summed E-state index contributed by atoms with van der Waals surface area (Å²) in [5, 5.41) is 9.40. The highest BCUT2D eigenvalue weighted by atomic mass is 19.4.